The molecule has 0 unspecified atom stereocenters. The summed E-state index contributed by atoms with van der Waals surface area (Å²) in [5, 5.41) is 5.13. The molecule has 7 heteroatoms. The Hall–Kier alpha value is -2.57. The molecule has 0 bridgehead atoms. The first-order chi connectivity index (χ1) is 11.5. The maximum absolute atomic E-state index is 12.7. The minimum absolute atomic E-state index is 0.549. The molecule has 2 N–H and O–H groups in total. The number of amides is 2. The summed E-state index contributed by atoms with van der Waals surface area (Å²) in [5.74, 6) is -1.14. The third kappa shape index (κ3) is 6.45. The summed E-state index contributed by atoms with van der Waals surface area (Å²) < 4.78 is 9.90. The smallest absolute Gasteiger partial charge is 0.408 e. The van der Waals surface area contributed by atoms with Gasteiger partial charge in [0, 0.05) is 0 Å². The van der Waals surface area contributed by atoms with Crippen molar-refractivity contribution >= 4 is 18.0 Å². The third-order valence-corrected chi connectivity index (χ3v) is 3.19. The Kier molecular flexibility index (Phi) is 6.55. The van der Waals surface area contributed by atoms with E-state index in [0.717, 1.165) is 0 Å². The number of carbonyl (C=O) groups is 3. The number of ether oxygens (including phenoxy) is 2. The molecule has 1 rings (SSSR count). The summed E-state index contributed by atoms with van der Waals surface area (Å²) >= 11 is 0. The summed E-state index contributed by atoms with van der Waals surface area (Å²) in [4.78, 5) is 36.6. The lowest BCUT2D eigenvalue weighted by Gasteiger charge is -2.28. The number of hydrogen-bond donors (Lipinski definition) is 2. The Morgan fingerprint density at radius 3 is 2.04 bits per heavy atom. The van der Waals surface area contributed by atoms with Crippen LogP contribution in [0.1, 0.15) is 46.2 Å². The van der Waals surface area contributed by atoms with E-state index >= 15 is 0 Å². The van der Waals surface area contributed by atoms with E-state index in [0.29, 0.717) is 5.56 Å². The highest BCUT2D eigenvalue weighted by Crippen LogP contribution is 2.17. The van der Waals surface area contributed by atoms with E-state index < -0.39 is 35.2 Å². The van der Waals surface area contributed by atoms with Crippen LogP contribution in [0.2, 0.25) is 0 Å². The highest BCUT2D eigenvalue weighted by Gasteiger charge is 2.34. The number of nitrogens with one attached hydrogen (secondary N) is 2. The maximum atomic E-state index is 12.7. The first-order valence-electron chi connectivity index (χ1n) is 7.91. The summed E-state index contributed by atoms with van der Waals surface area (Å²) in [6.45, 7) is 8.22. The van der Waals surface area contributed by atoms with E-state index in [2.05, 4.69) is 15.4 Å². The molecule has 0 aliphatic carbocycles. The number of hydrogen-bond acceptors (Lipinski definition) is 5. The third-order valence-electron chi connectivity index (χ3n) is 3.19. The van der Waals surface area contributed by atoms with Gasteiger partial charge < -0.3 is 20.1 Å². The summed E-state index contributed by atoms with van der Waals surface area (Å²) in [6.07, 6.45) is -0.729. The molecule has 0 spiro atoms. The second-order valence-corrected chi connectivity index (χ2v) is 7.10. The van der Waals surface area contributed by atoms with Crippen LogP contribution in [-0.2, 0) is 19.1 Å². The molecule has 1 aromatic rings. The Morgan fingerprint density at radius 2 is 1.56 bits per heavy atom. The molecule has 0 heterocycles. The molecule has 138 valence electrons. The molecule has 0 fully saturated rings. The van der Waals surface area contributed by atoms with Gasteiger partial charge in [-0.25, -0.2) is 9.59 Å². The molecule has 0 aliphatic heterocycles. The fourth-order valence-electron chi connectivity index (χ4n) is 2.06. The maximum Gasteiger partial charge on any atom is 0.408 e. The molecule has 0 radical (unpaired) electrons. The lowest BCUT2D eigenvalue weighted by atomic mass is 10.0. The molecule has 1 aromatic carbocycles. The predicted octanol–water partition coefficient (Wildman–Crippen LogP) is 2.32. The summed E-state index contributed by atoms with van der Waals surface area (Å²) in [6, 6.07) is 7.68. The van der Waals surface area contributed by atoms with Gasteiger partial charge in [0.2, 0.25) is 5.91 Å². The van der Waals surface area contributed by atoms with Crippen molar-refractivity contribution in [2.24, 2.45) is 0 Å². The number of benzene rings is 1. The number of rotatable bonds is 5. The first-order valence-corrected chi connectivity index (χ1v) is 7.91. The van der Waals surface area contributed by atoms with E-state index in [-0.39, 0.29) is 0 Å². The molecule has 7 nitrogen and oxygen atoms in total. The van der Waals surface area contributed by atoms with Crippen molar-refractivity contribution in [3.05, 3.63) is 35.9 Å². The normalized spacial score (nSPS) is 12.7. The van der Waals surface area contributed by atoms with Crippen LogP contribution in [0.4, 0.5) is 4.79 Å². The molecule has 0 aliphatic rings. The fraction of sp³-hybridized carbons (Fsp3) is 0.500. The fourth-order valence-corrected chi connectivity index (χ4v) is 2.06. The number of carbonyl (C=O) groups excluding carboxylic acids is 3. The zero-order valence-corrected chi connectivity index (χ0v) is 15.5. The average Bonchev–Trinajstić information content (AvgIpc) is 2.50. The zero-order valence-electron chi connectivity index (χ0n) is 15.5. The van der Waals surface area contributed by atoms with Crippen LogP contribution in [0, 0.1) is 0 Å². The molecule has 0 saturated carbocycles. The van der Waals surface area contributed by atoms with Crippen LogP contribution in [0.5, 0.6) is 0 Å². The van der Waals surface area contributed by atoms with Gasteiger partial charge in [0.05, 0.1) is 7.11 Å². The van der Waals surface area contributed by atoms with Gasteiger partial charge in [0.1, 0.15) is 17.2 Å². The second-order valence-electron chi connectivity index (χ2n) is 7.10. The molecule has 0 aromatic heterocycles. The number of methoxy groups -OCH3 is 1. The van der Waals surface area contributed by atoms with E-state index in [9.17, 15) is 14.4 Å². The largest absolute Gasteiger partial charge is 0.467 e. The van der Waals surface area contributed by atoms with E-state index in [1.54, 1.807) is 51.1 Å². The quantitative estimate of drug-likeness (QED) is 0.795. The average molecular weight is 350 g/mol. The van der Waals surface area contributed by atoms with Crippen molar-refractivity contribution < 1.29 is 23.9 Å². The van der Waals surface area contributed by atoms with Crippen LogP contribution < -0.4 is 10.6 Å². The standard InChI is InChI=1S/C18H26N2O5/c1-17(2,3)25-16(23)19-13(12-10-8-7-9-11-12)14(21)20-18(4,5)15(22)24-6/h7-11,13H,1-6H3,(H,19,23)(H,20,21)/t13-/m0/s1. The zero-order chi connectivity index (χ0) is 19.3. The van der Waals surface area contributed by atoms with Crippen LogP contribution in [0.25, 0.3) is 0 Å². The number of alkyl carbamates (subject to hydrolysis) is 1. The van der Waals surface area contributed by atoms with Gasteiger partial charge in [-0.3, -0.25) is 4.79 Å². The topological polar surface area (TPSA) is 93.7 Å². The minimum atomic E-state index is -1.24. The van der Waals surface area contributed by atoms with E-state index in [4.69, 9.17) is 4.74 Å². The SMILES string of the molecule is COC(=O)C(C)(C)NC(=O)[C@@H](NC(=O)OC(C)(C)C)c1ccccc1. The van der Waals surface area contributed by atoms with Gasteiger partial charge in [-0.2, -0.15) is 0 Å². The minimum Gasteiger partial charge on any atom is -0.467 e. The highest BCUT2D eigenvalue weighted by atomic mass is 16.6. The van der Waals surface area contributed by atoms with Crippen LogP contribution >= 0.6 is 0 Å². The molecule has 25 heavy (non-hydrogen) atoms. The monoisotopic (exact) mass is 350 g/mol. The highest BCUT2D eigenvalue weighted by molar-refractivity contribution is 5.92. The van der Waals surface area contributed by atoms with Crippen molar-refractivity contribution in [3.63, 3.8) is 0 Å². The van der Waals surface area contributed by atoms with Crippen LogP contribution in [0.3, 0.4) is 0 Å². The van der Waals surface area contributed by atoms with Crippen LogP contribution in [0.15, 0.2) is 30.3 Å². The Bertz CT molecular complexity index is 620. The van der Waals surface area contributed by atoms with Crippen molar-refractivity contribution in [3.8, 4) is 0 Å². The van der Waals surface area contributed by atoms with Crippen LogP contribution in [-0.4, -0.2) is 36.2 Å². The second kappa shape index (κ2) is 8.00. The summed E-state index contributed by atoms with van der Waals surface area (Å²) in [7, 11) is 1.24. The molecule has 0 saturated heterocycles. The van der Waals surface area contributed by atoms with Gasteiger partial charge in [0.15, 0.2) is 0 Å². The Morgan fingerprint density at radius 1 is 1.00 bits per heavy atom. The van der Waals surface area contributed by atoms with E-state index in [1.807, 2.05) is 0 Å². The van der Waals surface area contributed by atoms with Gasteiger partial charge >= 0.3 is 12.1 Å². The van der Waals surface area contributed by atoms with E-state index in [1.165, 1.54) is 21.0 Å². The Labute approximate surface area is 148 Å². The molecule has 1 atom stereocenters. The van der Waals surface area contributed by atoms with Crippen molar-refractivity contribution in [2.45, 2.75) is 51.8 Å². The summed E-state index contributed by atoms with van der Waals surface area (Å²) in [5.41, 5.74) is -1.38. The predicted molar refractivity (Wildman–Crippen MR) is 92.8 cm³/mol. The molecule has 2 amide bonds. The van der Waals surface area contributed by atoms with Gasteiger partial charge in [0.25, 0.3) is 0 Å². The number of esters is 1. The lowest BCUT2D eigenvalue weighted by molar-refractivity contribution is -0.149. The van der Waals surface area contributed by atoms with Crippen molar-refractivity contribution in [1.82, 2.24) is 10.6 Å². The first kappa shape index (κ1) is 20.5. The van der Waals surface area contributed by atoms with Gasteiger partial charge in [-0.05, 0) is 40.2 Å². The van der Waals surface area contributed by atoms with Crippen molar-refractivity contribution in [1.29, 1.82) is 0 Å². The molecular weight excluding hydrogens is 324 g/mol. The molecular formula is C18H26N2O5. The van der Waals surface area contributed by atoms with Gasteiger partial charge in [-0.1, -0.05) is 30.3 Å². The Balaban J connectivity index is 3.01. The lowest BCUT2D eigenvalue weighted by Crippen LogP contribution is -2.54. The van der Waals surface area contributed by atoms with Crippen molar-refractivity contribution in [2.75, 3.05) is 7.11 Å². The van der Waals surface area contributed by atoms with Gasteiger partial charge in [-0.15, -0.1) is 0 Å².